The first-order chi connectivity index (χ1) is 12.7. The molecule has 1 fully saturated rings. The van der Waals surface area contributed by atoms with Crippen molar-refractivity contribution < 1.29 is 4.79 Å². The first kappa shape index (κ1) is 17.2. The molecule has 0 unspecified atom stereocenters. The van der Waals surface area contributed by atoms with Crippen molar-refractivity contribution >= 4 is 39.3 Å². The molecule has 26 heavy (non-hydrogen) atoms. The summed E-state index contributed by atoms with van der Waals surface area (Å²) in [6.07, 6.45) is 2.00. The van der Waals surface area contributed by atoms with Crippen LogP contribution in [-0.4, -0.2) is 36.9 Å². The van der Waals surface area contributed by atoms with E-state index >= 15 is 0 Å². The van der Waals surface area contributed by atoms with Crippen LogP contribution in [0, 0.1) is 0 Å². The molecule has 0 radical (unpaired) electrons. The lowest BCUT2D eigenvalue weighted by Gasteiger charge is -2.26. The summed E-state index contributed by atoms with van der Waals surface area (Å²) in [6.45, 7) is 3.76. The second-order valence-electron chi connectivity index (χ2n) is 6.23. The van der Waals surface area contributed by atoms with Crippen molar-refractivity contribution in [3.63, 3.8) is 0 Å². The summed E-state index contributed by atoms with van der Waals surface area (Å²) < 4.78 is 0. The minimum absolute atomic E-state index is 0.0684. The molecule has 0 amide bonds. The maximum atomic E-state index is 12.7. The number of hydrogen-bond acceptors (Lipinski definition) is 7. The van der Waals surface area contributed by atoms with Gasteiger partial charge in [0, 0.05) is 43.2 Å². The van der Waals surface area contributed by atoms with E-state index < -0.39 is 0 Å². The molecule has 1 aliphatic rings. The third-order valence-electron chi connectivity index (χ3n) is 4.46. The molecule has 7 heteroatoms. The van der Waals surface area contributed by atoms with Crippen molar-refractivity contribution in [3.8, 4) is 10.4 Å². The average molecular weight is 385 g/mol. The van der Waals surface area contributed by atoms with Crippen LogP contribution in [0.15, 0.2) is 41.9 Å². The Bertz CT molecular complexity index is 898. The standard InChI is InChI=1S/C19H20N4OS2/c20-15-4-3-13(17-2-1-9-25-17)10-14(15)11-16(24)18-12-22-19(26-18)23-7-5-21-6-8-23/h1-4,9-10,12,21H,5-8,11,20H2. The van der Waals surface area contributed by atoms with Gasteiger partial charge < -0.3 is 16.0 Å². The average Bonchev–Trinajstić information content (AvgIpc) is 3.36. The molecule has 3 aromatic rings. The molecule has 1 aromatic carbocycles. The molecule has 2 aromatic heterocycles. The smallest absolute Gasteiger partial charge is 0.186 e. The number of nitrogen functional groups attached to an aromatic ring is 1. The van der Waals surface area contributed by atoms with Crippen LogP contribution in [0.3, 0.4) is 0 Å². The van der Waals surface area contributed by atoms with Crippen LogP contribution < -0.4 is 16.0 Å². The monoisotopic (exact) mass is 384 g/mol. The van der Waals surface area contributed by atoms with Gasteiger partial charge in [0.2, 0.25) is 0 Å². The molecule has 134 valence electrons. The maximum Gasteiger partial charge on any atom is 0.186 e. The first-order valence-electron chi connectivity index (χ1n) is 8.58. The van der Waals surface area contributed by atoms with Gasteiger partial charge in [0.1, 0.15) is 0 Å². The second-order valence-corrected chi connectivity index (χ2v) is 8.19. The molecule has 4 rings (SSSR count). The van der Waals surface area contributed by atoms with Crippen LogP contribution in [0.4, 0.5) is 10.8 Å². The summed E-state index contributed by atoms with van der Waals surface area (Å²) in [6, 6.07) is 10.0. The van der Waals surface area contributed by atoms with Gasteiger partial charge >= 0.3 is 0 Å². The summed E-state index contributed by atoms with van der Waals surface area (Å²) >= 11 is 3.15. The van der Waals surface area contributed by atoms with Crippen LogP contribution in [0.2, 0.25) is 0 Å². The first-order valence-corrected chi connectivity index (χ1v) is 10.3. The van der Waals surface area contributed by atoms with Crippen molar-refractivity contribution in [2.24, 2.45) is 0 Å². The number of anilines is 2. The summed E-state index contributed by atoms with van der Waals surface area (Å²) in [4.78, 5) is 21.3. The Balaban J connectivity index is 1.51. The lowest BCUT2D eigenvalue weighted by Crippen LogP contribution is -2.43. The number of thiazole rings is 1. The van der Waals surface area contributed by atoms with Crippen LogP contribution in [0.25, 0.3) is 10.4 Å². The molecule has 0 bridgehead atoms. The minimum Gasteiger partial charge on any atom is -0.398 e. The summed E-state index contributed by atoms with van der Waals surface area (Å²) in [5.74, 6) is 0.0684. The summed E-state index contributed by atoms with van der Waals surface area (Å²) in [5, 5.41) is 6.30. The number of nitrogens with one attached hydrogen (secondary N) is 1. The Kier molecular flexibility index (Phi) is 5.01. The summed E-state index contributed by atoms with van der Waals surface area (Å²) in [7, 11) is 0. The van der Waals surface area contributed by atoms with Crippen molar-refractivity contribution in [3.05, 3.63) is 52.3 Å². The van der Waals surface area contributed by atoms with E-state index in [0.29, 0.717) is 17.0 Å². The van der Waals surface area contributed by atoms with Crippen molar-refractivity contribution in [1.29, 1.82) is 0 Å². The van der Waals surface area contributed by atoms with Crippen LogP contribution in [0.5, 0.6) is 0 Å². The Hall–Kier alpha value is -2.22. The van der Waals surface area contributed by atoms with Gasteiger partial charge in [0.25, 0.3) is 0 Å². The molecule has 0 spiro atoms. The Morgan fingerprint density at radius 2 is 2.12 bits per heavy atom. The van der Waals surface area contributed by atoms with Gasteiger partial charge in [0.15, 0.2) is 10.9 Å². The van der Waals surface area contributed by atoms with Gasteiger partial charge in [-0.1, -0.05) is 23.5 Å². The van der Waals surface area contributed by atoms with Gasteiger partial charge in [-0.3, -0.25) is 4.79 Å². The van der Waals surface area contributed by atoms with E-state index in [1.54, 1.807) is 17.5 Å². The third-order valence-corrected chi connectivity index (χ3v) is 6.47. The fourth-order valence-corrected chi connectivity index (χ4v) is 4.64. The highest BCUT2D eigenvalue weighted by molar-refractivity contribution is 7.17. The SMILES string of the molecule is Nc1ccc(-c2cccs2)cc1CC(=O)c1cnc(N2CCNCC2)s1. The number of nitrogens with two attached hydrogens (primary N) is 1. The van der Waals surface area contributed by atoms with Crippen molar-refractivity contribution in [1.82, 2.24) is 10.3 Å². The van der Waals surface area contributed by atoms with E-state index in [1.165, 1.54) is 16.2 Å². The van der Waals surface area contributed by atoms with Gasteiger partial charge in [0.05, 0.1) is 11.1 Å². The molecule has 5 nitrogen and oxygen atoms in total. The predicted octanol–water partition coefficient (Wildman–Crippen LogP) is 3.29. The second kappa shape index (κ2) is 7.57. The van der Waals surface area contributed by atoms with E-state index in [0.717, 1.165) is 42.4 Å². The Morgan fingerprint density at radius 3 is 2.88 bits per heavy atom. The van der Waals surface area contributed by atoms with Gasteiger partial charge in [-0.2, -0.15) is 0 Å². The number of benzene rings is 1. The number of carbonyl (C=O) groups excluding carboxylic acids is 1. The van der Waals surface area contributed by atoms with Gasteiger partial charge in [-0.15, -0.1) is 11.3 Å². The number of rotatable bonds is 5. The van der Waals surface area contributed by atoms with Gasteiger partial charge in [-0.25, -0.2) is 4.98 Å². The minimum atomic E-state index is 0.0684. The number of aromatic nitrogens is 1. The van der Waals surface area contributed by atoms with E-state index in [-0.39, 0.29) is 5.78 Å². The van der Waals surface area contributed by atoms with Crippen LogP contribution >= 0.6 is 22.7 Å². The number of hydrogen-bond donors (Lipinski definition) is 2. The van der Waals surface area contributed by atoms with E-state index in [1.807, 2.05) is 29.6 Å². The zero-order chi connectivity index (χ0) is 17.9. The molecule has 0 saturated carbocycles. The number of carbonyl (C=O) groups is 1. The topological polar surface area (TPSA) is 71.2 Å². The molecule has 0 atom stereocenters. The predicted molar refractivity (Wildman–Crippen MR) is 109 cm³/mol. The van der Waals surface area contributed by atoms with Gasteiger partial charge in [-0.05, 0) is 34.7 Å². The number of nitrogens with zero attached hydrogens (tertiary/aromatic N) is 2. The largest absolute Gasteiger partial charge is 0.398 e. The number of Topliss-reactive ketones (excluding diaryl/α,β-unsaturated/α-hetero) is 1. The lowest BCUT2D eigenvalue weighted by molar-refractivity contribution is 0.0997. The quantitative estimate of drug-likeness (QED) is 0.522. The summed E-state index contributed by atoms with van der Waals surface area (Å²) in [5.41, 5.74) is 8.75. The fraction of sp³-hybridized carbons (Fsp3) is 0.263. The van der Waals surface area contributed by atoms with Crippen molar-refractivity contribution in [2.75, 3.05) is 36.8 Å². The van der Waals surface area contributed by atoms with Crippen LogP contribution in [-0.2, 0) is 6.42 Å². The van der Waals surface area contributed by atoms with E-state index in [9.17, 15) is 4.79 Å². The Morgan fingerprint density at radius 1 is 1.27 bits per heavy atom. The number of piperazine rings is 1. The number of thiophene rings is 1. The molecule has 3 heterocycles. The molecule has 1 aliphatic heterocycles. The fourth-order valence-electron chi connectivity index (χ4n) is 3.01. The Labute approximate surface area is 160 Å². The lowest BCUT2D eigenvalue weighted by atomic mass is 10.0. The zero-order valence-electron chi connectivity index (χ0n) is 14.3. The normalized spacial score (nSPS) is 14.5. The number of ketones is 1. The molecular formula is C19H20N4OS2. The highest BCUT2D eigenvalue weighted by Gasteiger charge is 2.18. The molecule has 3 N–H and O–H groups in total. The van der Waals surface area contributed by atoms with Crippen molar-refractivity contribution in [2.45, 2.75) is 6.42 Å². The zero-order valence-corrected chi connectivity index (χ0v) is 15.9. The molecule has 1 saturated heterocycles. The van der Waals surface area contributed by atoms with Crippen LogP contribution in [0.1, 0.15) is 15.2 Å². The molecular weight excluding hydrogens is 364 g/mol. The van der Waals surface area contributed by atoms with E-state index in [2.05, 4.69) is 21.3 Å². The highest BCUT2D eigenvalue weighted by atomic mass is 32.1. The maximum absolute atomic E-state index is 12.7. The molecule has 0 aliphatic carbocycles. The van der Waals surface area contributed by atoms with E-state index in [4.69, 9.17) is 5.73 Å². The third kappa shape index (κ3) is 3.65. The highest BCUT2D eigenvalue weighted by Crippen LogP contribution is 2.29.